The van der Waals surface area contributed by atoms with Gasteiger partial charge in [-0.1, -0.05) is 18.2 Å². The van der Waals surface area contributed by atoms with Gasteiger partial charge in [0.25, 0.3) is 0 Å². The van der Waals surface area contributed by atoms with Crippen molar-refractivity contribution in [1.82, 2.24) is 24.8 Å². The number of fused-ring (bicyclic) bond motifs is 1. The number of nitrogens with one attached hydrogen (secondary N) is 1. The predicted octanol–water partition coefficient (Wildman–Crippen LogP) is 6.44. The van der Waals surface area contributed by atoms with Crippen molar-refractivity contribution < 1.29 is 28.2 Å². The van der Waals surface area contributed by atoms with E-state index < -0.39 is 17.6 Å². The van der Waals surface area contributed by atoms with Gasteiger partial charge >= 0.3 is 5.97 Å². The molecule has 2 fully saturated rings. The Kier molecular flexibility index (Phi) is 10.2. The molecule has 7 rings (SSSR count). The van der Waals surface area contributed by atoms with Crippen LogP contribution in [0.15, 0.2) is 66.9 Å². The van der Waals surface area contributed by atoms with Crippen LogP contribution in [0.25, 0.3) is 11.0 Å². The lowest BCUT2D eigenvalue weighted by Gasteiger charge is -2.27. The maximum absolute atomic E-state index is 15.2. The Balaban J connectivity index is 0.997. The first-order valence-electron chi connectivity index (χ1n) is 16.8. The summed E-state index contributed by atoms with van der Waals surface area (Å²) in [5, 5.41) is 3.36. The van der Waals surface area contributed by atoms with Crippen molar-refractivity contribution in [1.29, 1.82) is 0 Å². The molecule has 0 aliphatic carbocycles. The molecule has 0 unspecified atom stereocenters. The molecule has 1 atom stereocenters. The molecule has 10 nitrogen and oxygen atoms in total. The number of carbonyl (C=O) groups excluding carboxylic acids is 2. The fourth-order valence-corrected chi connectivity index (χ4v) is 6.50. The van der Waals surface area contributed by atoms with Gasteiger partial charge in [-0.2, -0.15) is 0 Å². The number of alkyl halides is 1. The van der Waals surface area contributed by atoms with Crippen LogP contribution in [0.5, 0.6) is 5.88 Å². The van der Waals surface area contributed by atoms with Crippen molar-refractivity contribution in [2.45, 2.75) is 63.8 Å². The van der Waals surface area contributed by atoms with Gasteiger partial charge < -0.3 is 24.1 Å². The Morgan fingerprint density at radius 3 is 2.56 bits per heavy atom. The molecular weight excluding hydrogens is 661 g/mol. The molecule has 5 heterocycles. The minimum Gasteiger partial charge on any atom is -0.473 e. The number of rotatable bonds is 12. The van der Waals surface area contributed by atoms with Gasteiger partial charge in [-0.3, -0.25) is 9.78 Å². The van der Waals surface area contributed by atoms with E-state index in [-0.39, 0.29) is 36.3 Å². The van der Waals surface area contributed by atoms with Crippen molar-refractivity contribution >= 4 is 34.4 Å². The van der Waals surface area contributed by atoms with Gasteiger partial charge in [-0.05, 0) is 75.7 Å². The maximum Gasteiger partial charge on any atom is 0.338 e. The highest BCUT2D eigenvalue weighted by molar-refractivity contribution is 6.17. The molecule has 5 aromatic rings. The third kappa shape index (κ3) is 7.40. The third-order valence-corrected chi connectivity index (χ3v) is 9.61. The van der Waals surface area contributed by atoms with Crippen molar-refractivity contribution in [3.63, 3.8) is 0 Å². The van der Waals surface area contributed by atoms with Gasteiger partial charge in [-0.15, -0.1) is 11.6 Å². The smallest absolute Gasteiger partial charge is 0.338 e. The summed E-state index contributed by atoms with van der Waals surface area (Å²) in [4.78, 5) is 40.1. The van der Waals surface area contributed by atoms with Crippen LogP contribution >= 0.6 is 11.6 Å². The standard InChI is InChI=1S/C38H37ClFN5O5/c1-23-29(22-50-38(47)26-7-8-33-34(17-26)45(35(18-39)43-33)20-30-11-14-48-30)15-28(19-42-23)37(46)25-5-6-27(31(40)16-25)21-49-36-4-2-3-32(44-36)24-9-12-41-13-10-24/h2-8,15-17,19,24,30,41H,9-14,18,20-22H2,1H3/t30-/m0/s1. The van der Waals surface area contributed by atoms with Crippen LogP contribution in [0.3, 0.4) is 0 Å². The van der Waals surface area contributed by atoms with Gasteiger partial charge in [-0.25, -0.2) is 19.2 Å². The van der Waals surface area contributed by atoms with Gasteiger partial charge in [0.1, 0.15) is 24.9 Å². The summed E-state index contributed by atoms with van der Waals surface area (Å²) in [5.41, 5.74) is 4.74. The number of pyridine rings is 2. The summed E-state index contributed by atoms with van der Waals surface area (Å²) in [6, 6.07) is 16.8. The van der Waals surface area contributed by atoms with Gasteiger partial charge in [0.05, 0.1) is 35.1 Å². The van der Waals surface area contributed by atoms with Gasteiger partial charge in [0.15, 0.2) is 5.78 Å². The number of halogens is 2. The molecule has 2 aromatic carbocycles. The number of ether oxygens (including phenoxy) is 3. The first-order valence-corrected chi connectivity index (χ1v) is 17.3. The lowest BCUT2D eigenvalue weighted by atomic mass is 9.94. The fourth-order valence-electron chi connectivity index (χ4n) is 6.29. The van der Waals surface area contributed by atoms with Crippen molar-refractivity contribution in [3.05, 3.63) is 118 Å². The minimum absolute atomic E-state index is 0.0251. The first kappa shape index (κ1) is 33.8. The summed E-state index contributed by atoms with van der Waals surface area (Å²) in [7, 11) is 0. The zero-order valence-corrected chi connectivity index (χ0v) is 28.4. The number of nitrogens with zero attached hydrogens (tertiary/aromatic N) is 4. The highest BCUT2D eigenvalue weighted by Gasteiger charge is 2.23. The molecule has 2 aliphatic rings. The zero-order chi connectivity index (χ0) is 34.6. The van der Waals surface area contributed by atoms with Crippen molar-refractivity contribution in [2.75, 3.05) is 19.7 Å². The second-order valence-corrected chi connectivity index (χ2v) is 12.9. The fraction of sp³-hybridized carbons (Fsp3) is 0.342. The molecule has 2 saturated heterocycles. The Bertz CT molecular complexity index is 2040. The van der Waals surface area contributed by atoms with E-state index >= 15 is 4.39 Å². The van der Waals surface area contributed by atoms with Crippen LogP contribution in [0.4, 0.5) is 4.39 Å². The average molecular weight is 698 g/mol. The Hall–Kier alpha value is -4.71. The maximum atomic E-state index is 15.2. The molecule has 3 aromatic heterocycles. The number of aryl methyl sites for hydroxylation is 1. The number of esters is 1. The van der Waals surface area contributed by atoms with Crippen LogP contribution in [0.1, 0.15) is 79.8 Å². The van der Waals surface area contributed by atoms with E-state index in [1.54, 1.807) is 49.4 Å². The largest absolute Gasteiger partial charge is 0.473 e. The molecule has 0 radical (unpaired) electrons. The number of ketones is 1. The van der Waals surface area contributed by atoms with E-state index in [1.807, 2.05) is 16.7 Å². The summed E-state index contributed by atoms with van der Waals surface area (Å²) in [5.74, 6) is 0.258. The molecule has 258 valence electrons. The molecule has 12 heteroatoms. The Morgan fingerprint density at radius 2 is 1.80 bits per heavy atom. The molecule has 50 heavy (non-hydrogen) atoms. The van der Waals surface area contributed by atoms with E-state index in [2.05, 4.69) is 20.3 Å². The van der Waals surface area contributed by atoms with Crippen molar-refractivity contribution in [3.8, 4) is 5.88 Å². The third-order valence-electron chi connectivity index (χ3n) is 9.37. The normalized spacial score (nSPS) is 16.3. The number of imidazole rings is 1. The average Bonchev–Trinajstić information content (AvgIpc) is 3.49. The van der Waals surface area contributed by atoms with Crippen LogP contribution in [-0.4, -0.2) is 57.1 Å². The molecule has 1 N–H and O–H groups in total. The highest BCUT2D eigenvalue weighted by Crippen LogP contribution is 2.26. The lowest BCUT2D eigenvalue weighted by molar-refractivity contribution is -0.0589. The predicted molar refractivity (Wildman–Crippen MR) is 185 cm³/mol. The Morgan fingerprint density at radius 1 is 0.980 bits per heavy atom. The number of carbonyl (C=O) groups is 2. The second-order valence-electron chi connectivity index (χ2n) is 12.7. The molecule has 0 amide bonds. The van der Waals surface area contributed by atoms with Gasteiger partial charge in [0.2, 0.25) is 5.88 Å². The summed E-state index contributed by atoms with van der Waals surface area (Å²) in [6.07, 6.45) is 4.52. The van der Waals surface area contributed by atoms with Gasteiger partial charge in [0, 0.05) is 58.4 Å². The molecule has 0 spiro atoms. The summed E-state index contributed by atoms with van der Waals surface area (Å²) < 4.78 is 34.3. The van der Waals surface area contributed by atoms with E-state index in [1.165, 1.54) is 12.3 Å². The number of aromatic nitrogens is 4. The molecule has 0 bridgehead atoms. The minimum atomic E-state index is -0.559. The highest BCUT2D eigenvalue weighted by atomic mass is 35.5. The number of benzene rings is 2. The number of piperidine rings is 1. The zero-order valence-electron chi connectivity index (χ0n) is 27.7. The van der Waals surface area contributed by atoms with Crippen molar-refractivity contribution in [2.24, 2.45) is 0 Å². The molecule has 2 aliphatic heterocycles. The van der Waals surface area contributed by atoms with Crippen LogP contribution < -0.4 is 10.1 Å². The van der Waals surface area contributed by atoms with E-state index in [9.17, 15) is 9.59 Å². The lowest BCUT2D eigenvalue weighted by Crippen LogP contribution is -2.31. The topological polar surface area (TPSA) is 117 Å². The second kappa shape index (κ2) is 15.0. The van der Waals surface area contributed by atoms with E-state index in [0.29, 0.717) is 46.6 Å². The summed E-state index contributed by atoms with van der Waals surface area (Å²) in [6.45, 7) is 4.90. The monoisotopic (exact) mass is 697 g/mol. The van der Waals surface area contributed by atoms with E-state index in [0.717, 1.165) is 55.7 Å². The van der Waals surface area contributed by atoms with E-state index in [4.69, 9.17) is 25.8 Å². The summed E-state index contributed by atoms with van der Waals surface area (Å²) >= 11 is 6.16. The molecular formula is C38H37ClFN5O5. The molecule has 0 saturated carbocycles. The quantitative estimate of drug-likeness (QED) is 0.0894. The number of hydrogen-bond donors (Lipinski definition) is 1. The first-order chi connectivity index (χ1) is 24.4. The van der Waals surface area contributed by atoms with Crippen LogP contribution in [0, 0.1) is 12.7 Å². The SMILES string of the molecule is Cc1ncc(C(=O)c2ccc(COc3cccc(C4CCNCC4)n3)c(F)c2)cc1COC(=O)c1ccc2nc(CCl)n(C[C@@H]3CCO3)c2c1. The van der Waals surface area contributed by atoms with Crippen LogP contribution in [0.2, 0.25) is 0 Å². The Labute approximate surface area is 294 Å². The number of hydrogen-bond acceptors (Lipinski definition) is 9. The van der Waals surface area contributed by atoms with Crippen LogP contribution in [-0.2, 0) is 35.1 Å².